The Morgan fingerprint density at radius 3 is 2.42 bits per heavy atom. The van der Waals surface area contributed by atoms with E-state index in [-0.39, 0.29) is 43.2 Å². The fourth-order valence-electron chi connectivity index (χ4n) is 3.95. The van der Waals surface area contributed by atoms with Crippen LogP contribution >= 0.6 is 34.5 Å². The Labute approximate surface area is 223 Å². The van der Waals surface area contributed by atoms with E-state index >= 15 is 0 Å². The highest BCUT2D eigenvalue weighted by Gasteiger charge is 2.27. The number of thiophene rings is 1. The number of halogens is 3. The van der Waals surface area contributed by atoms with Gasteiger partial charge in [0.15, 0.2) is 0 Å². The lowest BCUT2D eigenvalue weighted by atomic mass is 10.2. The number of nitrogens with zero attached hydrogens (tertiary/aromatic N) is 2. The minimum absolute atomic E-state index is 0.159. The predicted molar refractivity (Wildman–Crippen MR) is 141 cm³/mol. The van der Waals surface area contributed by atoms with E-state index in [9.17, 15) is 14.0 Å². The zero-order valence-corrected chi connectivity index (χ0v) is 21.8. The summed E-state index contributed by atoms with van der Waals surface area (Å²) < 4.78 is 19.2. The van der Waals surface area contributed by atoms with Crippen LogP contribution in [0.5, 0.6) is 0 Å². The smallest absolute Gasteiger partial charge is 0.322 e. The molecule has 0 radical (unpaired) electrons. The molecule has 1 aromatic heterocycles. The summed E-state index contributed by atoms with van der Waals surface area (Å²) in [7, 11) is 0. The first-order valence-corrected chi connectivity index (χ1v) is 13.2. The molecule has 0 spiro atoms. The number of benzene rings is 2. The Morgan fingerprint density at radius 1 is 1.03 bits per heavy atom. The van der Waals surface area contributed by atoms with Crippen LogP contribution in [-0.4, -0.2) is 47.5 Å². The lowest BCUT2D eigenvalue weighted by Gasteiger charge is -2.29. The lowest BCUT2D eigenvalue weighted by Crippen LogP contribution is -2.46. The van der Waals surface area contributed by atoms with Crippen LogP contribution in [-0.2, 0) is 22.6 Å². The average Bonchev–Trinajstić information content (AvgIpc) is 3.56. The number of urea groups is 1. The summed E-state index contributed by atoms with van der Waals surface area (Å²) in [6, 6.07) is 14.4. The molecule has 1 saturated heterocycles. The number of amides is 3. The van der Waals surface area contributed by atoms with Gasteiger partial charge in [-0.1, -0.05) is 47.5 Å². The van der Waals surface area contributed by atoms with Gasteiger partial charge in [-0.3, -0.25) is 4.79 Å². The topological polar surface area (TPSA) is 61.9 Å². The van der Waals surface area contributed by atoms with E-state index in [0.29, 0.717) is 23.2 Å². The number of ether oxygens (including phenoxy) is 1. The monoisotopic (exact) mass is 549 g/mol. The van der Waals surface area contributed by atoms with Crippen molar-refractivity contribution in [1.29, 1.82) is 0 Å². The number of hydrogen-bond donors (Lipinski definition) is 1. The Hall–Kier alpha value is -2.65. The molecule has 4 rings (SSSR count). The van der Waals surface area contributed by atoms with Crippen LogP contribution in [0.4, 0.5) is 14.9 Å². The van der Waals surface area contributed by atoms with E-state index in [1.807, 2.05) is 17.5 Å². The van der Waals surface area contributed by atoms with Gasteiger partial charge in [-0.25, -0.2) is 9.18 Å². The molecule has 1 aliphatic rings. The summed E-state index contributed by atoms with van der Waals surface area (Å²) in [5.41, 5.74) is 1.08. The van der Waals surface area contributed by atoms with Gasteiger partial charge < -0.3 is 19.9 Å². The van der Waals surface area contributed by atoms with Crippen LogP contribution in [0.2, 0.25) is 10.0 Å². The number of carbonyl (C=O) groups is 2. The molecule has 2 heterocycles. The third-order valence-corrected chi connectivity index (χ3v) is 7.31. The van der Waals surface area contributed by atoms with Gasteiger partial charge in [0, 0.05) is 24.6 Å². The average molecular weight is 550 g/mol. The van der Waals surface area contributed by atoms with Gasteiger partial charge in [0.1, 0.15) is 12.4 Å². The minimum Gasteiger partial charge on any atom is -0.376 e. The second-order valence-electron chi connectivity index (χ2n) is 8.50. The Balaban J connectivity index is 1.53. The van der Waals surface area contributed by atoms with Crippen LogP contribution in [0.25, 0.3) is 0 Å². The molecule has 2 aromatic carbocycles. The largest absolute Gasteiger partial charge is 0.376 e. The molecule has 10 heteroatoms. The summed E-state index contributed by atoms with van der Waals surface area (Å²) in [6.45, 7) is 1.37. The molecule has 1 atom stereocenters. The molecule has 1 N–H and O–H groups in total. The van der Waals surface area contributed by atoms with E-state index in [4.69, 9.17) is 27.9 Å². The highest BCUT2D eigenvalue weighted by Crippen LogP contribution is 2.30. The molecular formula is C26H26Cl2FN3O3S. The van der Waals surface area contributed by atoms with Gasteiger partial charge in [0.2, 0.25) is 5.91 Å². The van der Waals surface area contributed by atoms with E-state index in [0.717, 1.165) is 23.3 Å². The van der Waals surface area contributed by atoms with E-state index in [1.54, 1.807) is 46.6 Å². The molecule has 6 nitrogen and oxygen atoms in total. The van der Waals surface area contributed by atoms with Crippen molar-refractivity contribution in [3.63, 3.8) is 0 Å². The fraction of sp³-hybridized carbons (Fsp3) is 0.308. The van der Waals surface area contributed by atoms with Crippen molar-refractivity contribution in [2.24, 2.45) is 0 Å². The van der Waals surface area contributed by atoms with Gasteiger partial charge >= 0.3 is 6.03 Å². The SMILES string of the molecule is O=C(CN(CC1CCCO1)C(=O)Nc1c(Cl)cccc1Cl)N(Cc1ccc(F)cc1)Cc1cccs1. The maximum Gasteiger partial charge on any atom is 0.322 e. The van der Waals surface area contributed by atoms with Crippen LogP contribution in [0, 0.1) is 5.82 Å². The first-order valence-electron chi connectivity index (χ1n) is 11.5. The van der Waals surface area contributed by atoms with Gasteiger partial charge in [0.25, 0.3) is 0 Å². The van der Waals surface area contributed by atoms with Crippen molar-refractivity contribution < 1.29 is 18.7 Å². The number of carbonyl (C=O) groups excluding carboxylic acids is 2. The third kappa shape index (κ3) is 7.20. The molecule has 1 aliphatic heterocycles. The molecule has 3 amide bonds. The molecule has 3 aromatic rings. The summed E-state index contributed by atoms with van der Waals surface area (Å²) >= 11 is 14.0. The second kappa shape index (κ2) is 12.5. The number of hydrogen-bond acceptors (Lipinski definition) is 4. The van der Waals surface area contributed by atoms with E-state index in [2.05, 4.69) is 5.32 Å². The molecule has 0 saturated carbocycles. The molecule has 190 valence electrons. The standard InChI is InChI=1S/C26H26Cl2FN3O3S/c27-22-6-1-7-23(28)25(22)30-26(34)32(15-20-4-2-12-35-20)17-24(33)31(16-21-5-3-13-36-21)14-18-8-10-19(29)11-9-18/h1,3,5-11,13,20H,2,4,12,14-17H2,(H,30,34). The second-order valence-corrected chi connectivity index (χ2v) is 10.3. The first-order chi connectivity index (χ1) is 17.4. The maximum atomic E-state index is 13.6. The van der Waals surface area contributed by atoms with Crippen molar-refractivity contribution in [3.8, 4) is 0 Å². The van der Waals surface area contributed by atoms with Crippen LogP contribution in [0.3, 0.4) is 0 Å². The van der Waals surface area contributed by atoms with E-state index in [1.165, 1.54) is 17.0 Å². The fourth-order valence-corrected chi connectivity index (χ4v) is 5.16. The van der Waals surface area contributed by atoms with Gasteiger partial charge in [-0.15, -0.1) is 11.3 Å². The first kappa shape index (κ1) is 26.4. The highest BCUT2D eigenvalue weighted by atomic mass is 35.5. The third-order valence-electron chi connectivity index (χ3n) is 5.82. The number of para-hydroxylation sites is 1. The van der Waals surface area contributed by atoms with Crippen molar-refractivity contribution >= 4 is 52.2 Å². The van der Waals surface area contributed by atoms with Crippen LogP contribution < -0.4 is 5.32 Å². The summed E-state index contributed by atoms with van der Waals surface area (Å²) in [6.07, 6.45) is 1.55. The molecule has 0 bridgehead atoms. The van der Waals surface area contributed by atoms with Crippen molar-refractivity contribution in [3.05, 3.63) is 86.3 Å². The number of rotatable bonds is 9. The lowest BCUT2D eigenvalue weighted by molar-refractivity contribution is -0.133. The Bertz CT molecular complexity index is 1150. The zero-order chi connectivity index (χ0) is 25.5. The van der Waals surface area contributed by atoms with Crippen LogP contribution in [0.15, 0.2) is 60.0 Å². The van der Waals surface area contributed by atoms with E-state index < -0.39 is 6.03 Å². The summed E-state index contributed by atoms with van der Waals surface area (Å²) in [5, 5.41) is 5.30. The Kier molecular flexibility index (Phi) is 9.20. The molecule has 1 fully saturated rings. The van der Waals surface area contributed by atoms with Crippen LogP contribution in [0.1, 0.15) is 23.3 Å². The molecule has 36 heavy (non-hydrogen) atoms. The molecular weight excluding hydrogens is 524 g/mol. The maximum absolute atomic E-state index is 13.6. The predicted octanol–water partition coefficient (Wildman–Crippen LogP) is 6.44. The minimum atomic E-state index is -0.494. The number of nitrogens with one attached hydrogen (secondary N) is 1. The highest BCUT2D eigenvalue weighted by molar-refractivity contribution is 7.09. The molecule has 1 unspecified atom stereocenters. The van der Waals surface area contributed by atoms with Gasteiger partial charge in [-0.2, -0.15) is 0 Å². The quantitative estimate of drug-likeness (QED) is 0.334. The normalized spacial score (nSPS) is 15.0. The summed E-state index contributed by atoms with van der Waals surface area (Å²) in [5.74, 6) is -0.585. The summed E-state index contributed by atoms with van der Waals surface area (Å²) in [4.78, 5) is 31.0. The van der Waals surface area contributed by atoms with Crippen molar-refractivity contribution in [2.75, 3.05) is 25.0 Å². The zero-order valence-electron chi connectivity index (χ0n) is 19.5. The Morgan fingerprint density at radius 2 is 1.78 bits per heavy atom. The van der Waals surface area contributed by atoms with Gasteiger partial charge in [0.05, 0.1) is 28.4 Å². The van der Waals surface area contributed by atoms with Gasteiger partial charge in [-0.05, 0) is 54.1 Å². The molecule has 0 aliphatic carbocycles. The van der Waals surface area contributed by atoms with Crippen molar-refractivity contribution in [1.82, 2.24) is 9.80 Å². The number of anilines is 1. The van der Waals surface area contributed by atoms with Crippen molar-refractivity contribution in [2.45, 2.75) is 32.0 Å².